The molecular formula is C27H36N4O4. The van der Waals surface area contributed by atoms with Gasteiger partial charge in [0.05, 0.1) is 18.8 Å². The summed E-state index contributed by atoms with van der Waals surface area (Å²) in [7, 11) is 1.95. The van der Waals surface area contributed by atoms with Crippen LogP contribution in [-0.2, 0) is 16.8 Å². The SMILES string of the molecule is CCN(C)c1cc(C(=O)CN2Cc3ccc(C)nc3C2=N)cc(C(C)(C)C)c1OCCCC(=O)O. The molecule has 0 saturated heterocycles. The van der Waals surface area contributed by atoms with Crippen molar-refractivity contribution in [3.05, 3.63) is 52.3 Å². The van der Waals surface area contributed by atoms with Gasteiger partial charge in [0.1, 0.15) is 17.3 Å². The Morgan fingerprint density at radius 1 is 1.26 bits per heavy atom. The number of aromatic nitrogens is 1. The Hall–Kier alpha value is -3.42. The van der Waals surface area contributed by atoms with Crippen molar-refractivity contribution in [1.82, 2.24) is 9.88 Å². The molecular weight excluding hydrogens is 444 g/mol. The molecule has 0 amide bonds. The van der Waals surface area contributed by atoms with Gasteiger partial charge in [-0.15, -0.1) is 0 Å². The minimum absolute atomic E-state index is 0.0406. The van der Waals surface area contributed by atoms with Crippen LogP contribution in [0.25, 0.3) is 0 Å². The third kappa shape index (κ3) is 5.99. The first kappa shape index (κ1) is 26.2. The smallest absolute Gasteiger partial charge is 0.303 e. The van der Waals surface area contributed by atoms with Gasteiger partial charge in [0.2, 0.25) is 0 Å². The number of anilines is 1. The normalized spacial score (nSPS) is 13.1. The zero-order valence-corrected chi connectivity index (χ0v) is 21.6. The summed E-state index contributed by atoms with van der Waals surface area (Å²) in [5.74, 6) is 0.0339. The van der Waals surface area contributed by atoms with Gasteiger partial charge in [0.25, 0.3) is 0 Å². The Kier molecular flexibility index (Phi) is 7.83. The van der Waals surface area contributed by atoms with E-state index in [0.717, 1.165) is 22.5 Å². The van der Waals surface area contributed by atoms with Crippen molar-refractivity contribution >= 4 is 23.3 Å². The third-order valence-electron chi connectivity index (χ3n) is 6.22. The number of benzene rings is 1. The number of ether oxygens (including phenoxy) is 1. The Morgan fingerprint density at radius 2 is 1.97 bits per heavy atom. The molecule has 1 aromatic heterocycles. The number of hydrogen-bond donors (Lipinski definition) is 2. The number of fused-ring (bicyclic) bond motifs is 1. The van der Waals surface area contributed by atoms with Crippen molar-refractivity contribution in [2.24, 2.45) is 0 Å². The lowest BCUT2D eigenvalue weighted by Crippen LogP contribution is -2.31. The summed E-state index contributed by atoms with van der Waals surface area (Å²) in [5.41, 5.74) is 4.41. The average molecular weight is 481 g/mol. The molecule has 35 heavy (non-hydrogen) atoms. The largest absolute Gasteiger partial charge is 0.491 e. The third-order valence-corrected chi connectivity index (χ3v) is 6.22. The van der Waals surface area contributed by atoms with E-state index >= 15 is 0 Å². The van der Waals surface area contributed by atoms with Gasteiger partial charge < -0.3 is 19.6 Å². The lowest BCUT2D eigenvalue weighted by atomic mass is 9.84. The molecule has 2 N–H and O–H groups in total. The van der Waals surface area contributed by atoms with E-state index in [9.17, 15) is 9.59 Å². The van der Waals surface area contributed by atoms with Crippen LogP contribution in [0.4, 0.5) is 5.69 Å². The summed E-state index contributed by atoms with van der Waals surface area (Å²) in [4.78, 5) is 32.6. The number of nitrogens with zero attached hydrogens (tertiary/aromatic N) is 3. The summed E-state index contributed by atoms with van der Waals surface area (Å²) >= 11 is 0. The quantitative estimate of drug-likeness (QED) is 0.383. The Morgan fingerprint density at radius 3 is 2.60 bits per heavy atom. The van der Waals surface area contributed by atoms with E-state index in [1.54, 1.807) is 4.90 Å². The number of carbonyl (C=O) groups is 2. The van der Waals surface area contributed by atoms with Gasteiger partial charge in [0.15, 0.2) is 5.78 Å². The number of amidine groups is 1. The molecule has 2 heterocycles. The van der Waals surface area contributed by atoms with Gasteiger partial charge in [-0.3, -0.25) is 15.0 Å². The van der Waals surface area contributed by atoms with Crippen molar-refractivity contribution < 1.29 is 19.4 Å². The van der Waals surface area contributed by atoms with Crippen LogP contribution in [0.5, 0.6) is 5.75 Å². The van der Waals surface area contributed by atoms with Crippen LogP contribution >= 0.6 is 0 Å². The number of aliphatic carboxylic acids is 1. The maximum absolute atomic E-state index is 13.5. The number of pyridine rings is 1. The minimum atomic E-state index is -0.850. The highest BCUT2D eigenvalue weighted by Crippen LogP contribution is 2.40. The number of aryl methyl sites for hydroxylation is 1. The number of carboxylic acid groups (broad SMARTS) is 1. The predicted molar refractivity (Wildman–Crippen MR) is 137 cm³/mol. The number of nitrogens with one attached hydrogen (secondary N) is 1. The van der Waals surface area contributed by atoms with Gasteiger partial charge in [0, 0.05) is 48.9 Å². The Labute approximate surface area is 207 Å². The van der Waals surface area contributed by atoms with Crippen LogP contribution in [0.2, 0.25) is 0 Å². The molecule has 0 unspecified atom stereocenters. The fourth-order valence-electron chi connectivity index (χ4n) is 4.09. The summed E-state index contributed by atoms with van der Waals surface area (Å²) < 4.78 is 6.14. The fourth-order valence-corrected chi connectivity index (χ4v) is 4.09. The number of carbonyl (C=O) groups excluding carboxylic acids is 1. The lowest BCUT2D eigenvalue weighted by Gasteiger charge is -2.29. The number of rotatable bonds is 10. The molecule has 0 atom stereocenters. The van der Waals surface area contributed by atoms with Crippen LogP contribution in [0.15, 0.2) is 24.3 Å². The molecule has 188 valence electrons. The Balaban J connectivity index is 1.92. The highest BCUT2D eigenvalue weighted by atomic mass is 16.5. The molecule has 8 heteroatoms. The molecule has 8 nitrogen and oxygen atoms in total. The first-order chi connectivity index (χ1) is 16.4. The first-order valence-corrected chi connectivity index (χ1v) is 12.0. The molecule has 1 aliphatic heterocycles. The molecule has 0 aliphatic carbocycles. The molecule has 2 aromatic rings. The minimum Gasteiger partial charge on any atom is -0.491 e. The maximum atomic E-state index is 13.5. The summed E-state index contributed by atoms with van der Waals surface area (Å²) in [5, 5.41) is 17.5. The van der Waals surface area contributed by atoms with Crippen molar-refractivity contribution in [2.75, 3.05) is 31.6 Å². The van der Waals surface area contributed by atoms with Crippen molar-refractivity contribution in [2.45, 2.75) is 59.4 Å². The molecule has 3 rings (SSSR count). The topological polar surface area (TPSA) is 107 Å². The first-order valence-electron chi connectivity index (χ1n) is 12.0. The van der Waals surface area contributed by atoms with Crippen molar-refractivity contribution in [3.63, 3.8) is 0 Å². The van der Waals surface area contributed by atoms with E-state index in [4.69, 9.17) is 15.3 Å². The predicted octanol–water partition coefficient (Wildman–Crippen LogP) is 4.41. The number of ketones is 1. The molecule has 0 radical (unpaired) electrons. The van der Waals surface area contributed by atoms with Crippen molar-refractivity contribution in [3.8, 4) is 5.75 Å². The molecule has 1 aromatic carbocycles. The molecule has 0 spiro atoms. The van der Waals surface area contributed by atoms with Crippen LogP contribution in [0, 0.1) is 12.3 Å². The number of carboxylic acids is 1. The maximum Gasteiger partial charge on any atom is 0.303 e. The molecule has 0 saturated carbocycles. The average Bonchev–Trinajstić information content (AvgIpc) is 3.09. The van der Waals surface area contributed by atoms with E-state index in [-0.39, 0.29) is 36.6 Å². The highest BCUT2D eigenvalue weighted by molar-refractivity contribution is 6.05. The van der Waals surface area contributed by atoms with Gasteiger partial charge in [-0.2, -0.15) is 0 Å². The number of Topliss-reactive ketones (excluding diaryl/α,β-unsaturated/α-hetero) is 1. The Bertz CT molecular complexity index is 1140. The fraction of sp³-hybridized carbons (Fsp3) is 0.481. The van der Waals surface area contributed by atoms with Gasteiger partial charge in [-0.05, 0) is 43.9 Å². The lowest BCUT2D eigenvalue weighted by molar-refractivity contribution is -0.137. The second kappa shape index (κ2) is 10.5. The van der Waals surface area contributed by atoms with Crippen LogP contribution in [0.3, 0.4) is 0 Å². The van der Waals surface area contributed by atoms with Gasteiger partial charge in [-0.1, -0.05) is 26.8 Å². The van der Waals surface area contributed by atoms with E-state index in [1.165, 1.54) is 0 Å². The zero-order chi connectivity index (χ0) is 25.9. The zero-order valence-electron chi connectivity index (χ0n) is 21.6. The summed E-state index contributed by atoms with van der Waals surface area (Å²) in [6.45, 7) is 11.7. The molecule has 0 fully saturated rings. The monoisotopic (exact) mass is 480 g/mol. The van der Waals surface area contributed by atoms with E-state index < -0.39 is 5.97 Å². The van der Waals surface area contributed by atoms with Crippen LogP contribution < -0.4 is 9.64 Å². The van der Waals surface area contributed by atoms with Gasteiger partial charge >= 0.3 is 5.97 Å². The van der Waals surface area contributed by atoms with E-state index in [1.807, 2.05) is 50.1 Å². The van der Waals surface area contributed by atoms with Crippen molar-refractivity contribution in [1.29, 1.82) is 5.41 Å². The number of hydrogen-bond acceptors (Lipinski definition) is 6. The second-order valence-corrected chi connectivity index (χ2v) is 10.1. The molecule has 0 bridgehead atoms. The van der Waals surface area contributed by atoms with Crippen LogP contribution in [-0.4, -0.2) is 59.3 Å². The van der Waals surface area contributed by atoms with Gasteiger partial charge in [-0.25, -0.2) is 4.98 Å². The van der Waals surface area contributed by atoms with Crippen LogP contribution in [0.1, 0.15) is 73.4 Å². The van der Waals surface area contributed by atoms with E-state index in [0.29, 0.717) is 36.5 Å². The van der Waals surface area contributed by atoms with E-state index in [2.05, 4.69) is 25.8 Å². The highest BCUT2D eigenvalue weighted by Gasteiger charge is 2.30. The summed E-state index contributed by atoms with van der Waals surface area (Å²) in [6, 6.07) is 7.63. The summed E-state index contributed by atoms with van der Waals surface area (Å²) in [6.07, 6.45) is 0.443. The second-order valence-electron chi connectivity index (χ2n) is 10.1. The molecule has 1 aliphatic rings. The standard InChI is InChI=1S/C27H36N4O4/c1-7-30(6)21-14-19(13-20(27(3,4)5)25(21)35-12-8-9-23(33)34)22(32)16-31-15-18-11-10-17(2)29-24(18)26(31)28/h10-11,13-14,28H,7-9,12,15-16H2,1-6H3,(H,33,34).